The minimum absolute atomic E-state index is 0.00574. The molecule has 21 heavy (non-hydrogen) atoms. The second-order valence-electron chi connectivity index (χ2n) is 3.77. The number of hydrogen-bond acceptors (Lipinski definition) is 6. The molecule has 112 valence electrons. The van der Waals surface area contributed by atoms with E-state index >= 15 is 0 Å². The van der Waals surface area contributed by atoms with Gasteiger partial charge in [0.25, 0.3) is 6.43 Å². The van der Waals surface area contributed by atoms with Crippen molar-refractivity contribution in [2.45, 2.75) is 13.0 Å². The molecule has 0 aliphatic rings. The van der Waals surface area contributed by atoms with Crippen LogP contribution in [0.2, 0.25) is 0 Å². The molecule has 0 atom stereocenters. The van der Waals surface area contributed by atoms with Gasteiger partial charge in [-0.3, -0.25) is 5.32 Å². The van der Waals surface area contributed by atoms with Crippen LogP contribution in [0.25, 0.3) is 0 Å². The summed E-state index contributed by atoms with van der Waals surface area (Å²) in [6.45, 7) is -0.640. The first-order valence-corrected chi connectivity index (χ1v) is 5.83. The molecular formula is C11H11F2N5O3. The topological polar surface area (TPSA) is 102 Å². The van der Waals surface area contributed by atoms with Crippen LogP contribution in [0.1, 0.15) is 5.69 Å². The Bertz CT molecular complexity index is 579. The molecule has 0 unspecified atom stereocenters. The summed E-state index contributed by atoms with van der Waals surface area (Å²) in [5, 5.41) is 11.8. The number of halogens is 2. The monoisotopic (exact) mass is 299 g/mol. The van der Waals surface area contributed by atoms with Crippen molar-refractivity contribution < 1.29 is 22.9 Å². The predicted octanol–water partition coefficient (Wildman–Crippen LogP) is 1.43. The second kappa shape index (κ2) is 7.12. The Morgan fingerprint density at radius 1 is 1.43 bits per heavy atom. The Balaban J connectivity index is 1.84. The van der Waals surface area contributed by atoms with Gasteiger partial charge < -0.3 is 10.1 Å². The molecule has 2 amide bonds. The summed E-state index contributed by atoms with van der Waals surface area (Å²) < 4.78 is 33.1. The zero-order valence-corrected chi connectivity index (χ0v) is 10.6. The lowest BCUT2D eigenvalue weighted by molar-refractivity contribution is 0.0796. The molecule has 0 saturated heterocycles. The number of amides is 2. The number of urea groups is 1. The van der Waals surface area contributed by atoms with Crippen molar-refractivity contribution in [2.75, 3.05) is 11.9 Å². The first-order chi connectivity index (χ1) is 10.1. The molecule has 2 aromatic rings. The summed E-state index contributed by atoms with van der Waals surface area (Å²) in [7, 11) is 0. The van der Waals surface area contributed by atoms with E-state index in [0.717, 1.165) is 0 Å². The second-order valence-corrected chi connectivity index (χ2v) is 3.77. The van der Waals surface area contributed by atoms with Crippen LogP contribution in [0.15, 0.2) is 29.0 Å². The van der Waals surface area contributed by atoms with Gasteiger partial charge in [-0.05, 0) is 6.07 Å². The molecule has 0 spiro atoms. The van der Waals surface area contributed by atoms with Gasteiger partial charge in [0, 0.05) is 6.07 Å². The van der Waals surface area contributed by atoms with Gasteiger partial charge in [0.15, 0.2) is 6.61 Å². The smallest absolute Gasteiger partial charge is 0.320 e. The van der Waals surface area contributed by atoms with Gasteiger partial charge in [0.1, 0.15) is 11.5 Å². The van der Waals surface area contributed by atoms with Crippen LogP contribution in [0.5, 0.6) is 5.88 Å². The largest absolute Gasteiger partial charge is 0.472 e. The first-order valence-electron chi connectivity index (χ1n) is 5.83. The number of hydrogen-bond donors (Lipinski definition) is 2. The maximum atomic E-state index is 12.0. The van der Waals surface area contributed by atoms with Gasteiger partial charge in [-0.25, -0.2) is 18.2 Å². The average Bonchev–Trinajstić information content (AvgIpc) is 2.97. The summed E-state index contributed by atoms with van der Waals surface area (Å²) in [6, 6.07) is 3.88. The van der Waals surface area contributed by atoms with Crippen LogP contribution in [0, 0.1) is 0 Å². The fourth-order valence-electron chi connectivity index (χ4n) is 1.31. The van der Waals surface area contributed by atoms with E-state index in [-0.39, 0.29) is 18.2 Å². The minimum Gasteiger partial charge on any atom is -0.472 e. The molecule has 0 radical (unpaired) electrons. The van der Waals surface area contributed by atoms with Crippen molar-refractivity contribution in [2.24, 2.45) is 0 Å². The molecule has 0 fully saturated rings. The van der Waals surface area contributed by atoms with E-state index < -0.39 is 19.1 Å². The van der Waals surface area contributed by atoms with Crippen molar-refractivity contribution >= 4 is 11.8 Å². The molecule has 0 bridgehead atoms. The van der Waals surface area contributed by atoms with Gasteiger partial charge in [-0.1, -0.05) is 16.4 Å². The number of nitrogens with one attached hydrogen (secondary N) is 2. The van der Waals surface area contributed by atoms with E-state index in [9.17, 15) is 13.6 Å². The number of carbonyl (C=O) groups excluding carboxylic acids is 1. The van der Waals surface area contributed by atoms with Gasteiger partial charge in [0.05, 0.1) is 12.7 Å². The fourth-order valence-corrected chi connectivity index (χ4v) is 1.31. The van der Waals surface area contributed by atoms with Crippen LogP contribution in [0.4, 0.5) is 19.4 Å². The highest BCUT2D eigenvalue weighted by Crippen LogP contribution is 2.12. The van der Waals surface area contributed by atoms with E-state index in [2.05, 4.69) is 30.6 Å². The van der Waals surface area contributed by atoms with Crippen LogP contribution in [-0.4, -0.2) is 34.4 Å². The standard InChI is InChI=1S/C11H11F2N5O3/c12-8(13)6-20-10-3-1-2-9(16-10)17-11(19)14-4-7-5-15-21-18-7/h1-3,5,8H,4,6H2,(H2,14,16,17,19). The lowest BCUT2D eigenvalue weighted by Gasteiger charge is -2.08. The Morgan fingerprint density at radius 2 is 2.29 bits per heavy atom. The van der Waals surface area contributed by atoms with E-state index in [1.165, 1.54) is 24.4 Å². The first kappa shape index (κ1) is 14.6. The molecule has 2 rings (SSSR count). The third-order valence-electron chi connectivity index (χ3n) is 2.16. The predicted molar refractivity (Wildman–Crippen MR) is 65.9 cm³/mol. The van der Waals surface area contributed by atoms with Crippen molar-refractivity contribution in [1.29, 1.82) is 0 Å². The molecule has 2 heterocycles. The van der Waals surface area contributed by atoms with E-state index in [0.29, 0.717) is 5.69 Å². The fraction of sp³-hybridized carbons (Fsp3) is 0.273. The van der Waals surface area contributed by atoms with Crippen LogP contribution >= 0.6 is 0 Å². The Morgan fingerprint density at radius 3 is 3.00 bits per heavy atom. The number of nitrogens with zero attached hydrogens (tertiary/aromatic N) is 3. The third-order valence-corrected chi connectivity index (χ3v) is 2.16. The number of rotatable bonds is 6. The molecule has 0 aliphatic heterocycles. The highest BCUT2D eigenvalue weighted by molar-refractivity contribution is 5.88. The molecule has 8 nitrogen and oxygen atoms in total. The Hall–Kier alpha value is -2.78. The van der Waals surface area contributed by atoms with Crippen LogP contribution < -0.4 is 15.4 Å². The van der Waals surface area contributed by atoms with Gasteiger partial charge in [-0.15, -0.1) is 0 Å². The zero-order valence-electron chi connectivity index (χ0n) is 10.6. The molecular weight excluding hydrogens is 288 g/mol. The van der Waals surface area contributed by atoms with Crippen molar-refractivity contribution in [3.63, 3.8) is 0 Å². The Labute approximate surface area is 117 Å². The van der Waals surface area contributed by atoms with Crippen molar-refractivity contribution in [3.8, 4) is 5.88 Å². The van der Waals surface area contributed by atoms with Gasteiger partial charge in [-0.2, -0.15) is 4.98 Å². The van der Waals surface area contributed by atoms with Crippen molar-refractivity contribution in [1.82, 2.24) is 20.6 Å². The van der Waals surface area contributed by atoms with Gasteiger partial charge >= 0.3 is 6.03 Å². The number of ether oxygens (including phenoxy) is 1. The molecule has 0 saturated carbocycles. The number of alkyl halides is 2. The average molecular weight is 299 g/mol. The highest BCUT2D eigenvalue weighted by atomic mass is 19.3. The van der Waals surface area contributed by atoms with Crippen LogP contribution in [-0.2, 0) is 6.54 Å². The third kappa shape index (κ3) is 5.01. The maximum Gasteiger partial charge on any atom is 0.320 e. The van der Waals surface area contributed by atoms with E-state index in [1.54, 1.807) is 0 Å². The number of pyridine rings is 1. The number of carbonyl (C=O) groups is 1. The maximum absolute atomic E-state index is 12.0. The van der Waals surface area contributed by atoms with E-state index in [4.69, 9.17) is 4.74 Å². The number of aromatic nitrogens is 3. The number of anilines is 1. The van der Waals surface area contributed by atoms with E-state index in [1.807, 2.05) is 0 Å². The normalized spacial score (nSPS) is 10.4. The summed E-state index contributed by atoms with van der Waals surface area (Å²) in [4.78, 5) is 15.4. The summed E-state index contributed by atoms with van der Waals surface area (Å²) in [5.41, 5.74) is 0.451. The minimum atomic E-state index is -2.59. The summed E-state index contributed by atoms with van der Waals surface area (Å²) >= 11 is 0. The lowest BCUT2D eigenvalue weighted by Crippen LogP contribution is -2.28. The molecule has 2 aromatic heterocycles. The molecule has 0 aromatic carbocycles. The molecule has 0 aliphatic carbocycles. The zero-order chi connectivity index (χ0) is 15.1. The summed E-state index contributed by atoms with van der Waals surface area (Å²) in [5.74, 6) is 0.159. The Kier molecular flexibility index (Phi) is 4.96. The highest BCUT2D eigenvalue weighted by Gasteiger charge is 2.07. The van der Waals surface area contributed by atoms with Crippen molar-refractivity contribution in [3.05, 3.63) is 30.1 Å². The lowest BCUT2D eigenvalue weighted by atomic mass is 10.4. The molecule has 2 N–H and O–H groups in total. The molecule has 10 heteroatoms. The SMILES string of the molecule is O=C(NCc1cnon1)Nc1cccc(OCC(F)F)n1. The van der Waals surface area contributed by atoms with Gasteiger partial charge in [0.2, 0.25) is 5.88 Å². The van der Waals surface area contributed by atoms with Crippen LogP contribution in [0.3, 0.4) is 0 Å². The quantitative estimate of drug-likeness (QED) is 0.836. The summed E-state index contributed by atoms with van der Waals surface area (Å²) in [6.07, 6.45) is -1.24.